The number of carbonyl (C=O) groups is 3. The van der Waals surface area contributed by atoms with Crippen LogP contribution in [0.2, 0.25) is 5.02 Å². The Morgan fingerprint density at radius 3 is 2.47 bits per heavy atom. The second kappa shape index (κ2) is 5.24. The predicted molar refractivity (Wildman–Crippen MR) is 66.1 cm³/mol. The summed E-state index contributed by atoms with van der Waals surface area (Å²) in [5.74, 6) is -3.05. The minimum atomic E-state index is -1.09. The molecular weight excluding hydrogens is 272 g/mol. The van der Waals surface area contributed by atoms with Gasteiger partial charge in [0.15, 0.2) is 11.3 Å². The van der Waals surface area contributed by atoms with E-state index in [0.717, 1.165) is 0 Å². The number of esters is 2. The molecular formula is C13H9ClO5. The van der Waals surface area contributed by atoms with Gasteiger partial charge in [0, 0.05) is 10.6 Å². The standard InChI is InChI=1S/C13H9ClO5/c1-2-18-12(16)9-10(15)13(17)19-11(9)7-3-5-8(14)6-4-7/h3-6H,2H2,1H3. The Balaban J connectivity index is 2.48. The zero-order valence-corrected chi connectivity index (χ0v) is 10.7. The molecule has 0 saturated carbocycles. The molecule has 98 valence electrons. The summed E-state index contributed by atoms with van der Waals surface area (Å²) >= 11 is 5.74. The lowest BCUT2D eigenvalue weighted by Gasteiger charge is -2.04. The van der Waals surface area contributed by atoms with E-state index in [0.29, 0.717) is 10.6 Å². The highest BCUT2D eigenvalue weighted by atomic mass is 35.5. The van der Waals surface area contributed by atoms with Crippen molar-refractivity contribution in [3.05, 3.63) is 40.4 Å². The average Bonchev–Trinajstić information content (AvgIpc) is 2.67. The molecule has 0 bridgehead atoms. The first-order valence-corrected chi connectivity index (χ1v) is 5.86. The maximum Gasteiger partial charge on any atom is 0.385 e. The molecule has 0 saturated heterocycles. The van der Waals surface area contributed by atoms with Crippen LogP contribution < -0.4 is 0 Å². The molecule has 0 fully saturated rings. The van der Waals surface area contributed by atoms with Crippen molar-refractivity contribution in [3.63, 3.8) is 0 Å². The Morgan fingerprint density at radius 2 is 1.89 bits per heavy atom. The SMILES string of the molecule is CCOC(=O)C1=C(c2ccc(Cl)cc2)OC(=O)C1=O. The largest absolute Gasteiger partial charge is 0.462 e. The zero-order valence-electron chi connectivity index (χ0n) is 9.94. The molecule has 0 aliphatic carbocycles. The van der Waals surface area contributed by atoms with E-state index < -0.39 is 17.7 Å². The van der Waals surface area contributed by atoms with Gasteiger partial charge in [0.25, 0.3) is 5.78 Å². The first-order valence-electron chi connectivity index (χ1n) is 5.48. The molecule has 0 unspecified atom stereocenters. The van der Waals surface area contributed by atoms with Crippen LogP contribution >= 0.6 is 11.6 Å². The number of benzene rings is 1. The summed E-state index contributed by atoms with van der Waals surface area (Å²) in [6.45, 7) is 1.69. The Bertz CT molecular complexity index is 586. The van der Waals surface area contributed by atoms with Gasteiger partial charge in [-0.25, -0.2) is 9.59 Å². The maximum atomic E-state index is 11.7. The molecule has 6 heteroatoms. The Hall–Kier alpha value is -2.14. The van der Waals surface area contributed by atoms with Crippen LogP contribution in [0.1, 0.15) is 12.5 Å². The minimum absolute atomic E-state index is 0.0925. The van der Waals surface area contributed by atoms with Crippen LogP contribution in [0.4, 0.5) is 0 Å². The molecule has 0 amide bonds. The summed E-state index contributed by atoms with van der Waals surface area (Å²) in [7, 11) is 0. The Morgan fingerprint density at radius 1 is 1.26 bits per heavy atom. The van der Waals surface area contributed by atoms with Crippen molar-refractivity contribution in [2.45, 2.75) is 6.92 Å². The second-order valence-corrected chi connectivity index (χ2v) is 4.09. The number of Topliss-reactive ketones (excluding diaryl/α,β-unsaturated/α-hetero) is 1. The van der Waals surface area contributed by atoms with E-state index in [-0.39, 0.29) is 17.9 Å². The normalized spacial score (nSPS) is 14.6. The van der Waals surface area contributed by atoms with Crippen LogP contribution in [0.15, 0.2) is 29.8 Å². The fourth-order valence-corrected chi connectivity index (χ4v) is 1.71. The van der Waals surface area contributed by atoms with Gasteiger partial charge in [0.2, 0.25) is 0 Å². The number of rotatable bonds is 3. The number of cyclic esters (lactones) is 1. The lowest BCUT2D eigenvalue weighted by atomic mass is 10.1. The van der Waals surface area contributed by atoms with Crippen LogP contribution in [0.25, 0.3) is 5.76 Å². The number of carbonyl (C=O) groups excluding carboxylic acids is 3. The number of hydrogen-bond acceptors (Lipinski definition) is 5. The zero-order chi connectivity index (χ0) is 14.0. The summed E-state index contributed by atoms with van der Waals surface area (Å²) < 4.78 is 9.57. The lowest BCUT2D eigenvalue weighted by Crippen LogP contribution is -2.17. The molecule has 1 heterocycles. The van der Waals surface area contributed by atoms with Crippen LogP contribution in [0.3, 0.4) is 0 Å². The van der Waals surface area contributed by atoms with Crippen LogP contribution in [-0.2, 0) is 23.9 Å². The average molecular weight is 281 g/mol. The topological polar surface area (TPSA) is 69.7 Å². The quantitative estimate of drug-likeness (QED) is 0.479. The monoisotopic (exact) mass is 280 g/mol. The van der Waals surface area contributed by atoms with E-state index in [1.54, 1.807) is 31.2 Å². The van der Waals surface area contributed by atoms with Crippen LogP contribution in [0, 0.1) is 0 Å². The van der Waals surface area contributed by atoms with Gasteiger partial charge in [0.05, 0.1) is 6.61 Å². The third kappa shape index (κ3) is 2.51. The molecule has 1 aromatic rings. The summed E-state index contributed by atoms with van der Waals surface area (Å²) in [5, 5.41) is 0.484. The highest BCUT2D eigenvalue weighted by Gasteiger charge is 2.39. The number of halogens is 1. The third-order valence-corrected chi connectivity index (χ3v) is 2.67. The van der Waals surface area contributed by atoms with Gasteiger partial charge in [-0.3, -0.25) is 4.79 Å². The van der Waals surface area contributed by atoms with Crippen molar-refractivity contribution in [3.8, 4) is 0 Å². The molecule has 0 spiro atoms. The summed E-state index contributed by atoms with van der Waals surface area (Å²) in [6.07, 6.45) is 0. The van der Waals surface area contributed by atoms with Crippen LogP contribution in [0.5, 0.6) is 0 Å². The first-order chi connectivity index (χ1) is 9.04. The molecule has 1 aliphatic heterocycles. The van der Waals surface area contributed by atoms with Crippen LogP contribution in [-0.4, -0.2) is 24.3 Å². The molecule has 2 rings (SSSR count). The molecule has 0 atom stereocenters. The molecule has 1 aliphatic rings. The molecule has 1 aromatic carbocycles. The molecule has 0 radical (unpaired) electrons. The van der Waals surface area contributed by atoms with E-state index >= 15 is 0 Å². The molecule has 0 N–H and O–H groups in total. The van der Waals surface area contributed by atoms with Gasteiger partial charge in [-0.15, -0.1) is 0 Å². The van der Waals surface area contributed by atoms with Gasteiger partial charge < -0.3 is 9.47 Å². The van der Waals surface area contributed by atoms with E-state index in [1.165, 1.54) is 0 Å². The third-order valence-electron chi connectivity index (χ3n) is 2.42. The van der Waals surface area contributed by atoms with Crippen molar-refractivity contribution in [2.75, 3.05) is 6.61 Å². The van der Waals surface area contributed by atoms with E-state index in [4.69, 9.17) is 21.1 Å². The Kier molecular flexibility index (Phi) is 3.66. The Labute approximate surface area is 113 Å². The fraction of sp³-hybridized carbons (Fsp3) is 0.154. The lowest BCUT2D eigenvalue weighted by molar-refractivity contribution is -0.147. The van der Waals surface area contributed by atoms with Crippen molar-refractivity contribution in [1.29, 1.82) is 0 Å². The molecule has 0 aromatic heterocycles. The van der Waals surface area contributed by atoms with Crippen molar-refractivity contribution in [1.82, 2.24) is 0 Å². The van der Waals surface area contributed by atoms with Gasteiger partial charge in [0.1, 0.15) is 0 Å². The van der Waals surface area contributed by atoms with Crippen molar-refractivity contribution < 1.29 is 23.9 Å². The fourth-order valence-electron chi connectivity index (χ4n) is 1.59. The number of ether oxygens (including phenoxy) is 2. The maximum absolute atomic E-state index is 11.7. The van der Waals surface area contributed by atoms with Gasteiger partial charge in [-0.1, -0.05) is 11.6 Å². The highest BCUT2D eigenvalue weighted by molar-refractivity contribution is 6.51. The van der Waals surface area contributed by atoms with Crippen molar-refractivity contribution >= 4 is 35.1 Å². The minimum Gasteiger partial charge on any atom is -0.462 e. The number of ketones is 1. The predicted octanol–water partition coefficient (Wildman–Crippen LogP) is 1.74. The molecule has 19 heavy (non-hydrogen) atoms. The number of hydrogen-bond donors (Lipinski definition) is 0. The van der Waals surface area contributed by atoms with Crippen molar-refractivity contribution in [2.24, 2.45) is 0 Å². The van der Waals surface area contributed by atoms with E-state index in [1.807, 2.05) is 0 Å². The summed E-state index contributed by atoms with van der Waals surface area (Å²) in [6, 6.07) is 6.21. The van der Waals surface area contributed by atoms with Gasteiger partial charge >= 0.3 is 11.9 Å². The van der Waals surface area contributed by atoms with Gasteiger partial charge in [-0.05, 0) is 31.2 Å². The second-order valence-electron chi connectivity index (χ2n) is 3.65. The van der Waals surface area contributed by atoms with E-state index in [9.17, 15) is 14.4 Å². The van der Waals surface area contributed by atoms with E-state index in [2.05, 4.69) is 0 Å². The summed E-state index contributed by atoms with van der Waals surface area (Å²) in [4.78, 5) is 34.6. The molecule has 5 nitrogen and oxygen atoms in total. The smallest absolute Gasteiger partial charge is 0.385 e. The highest BCUT2D eigenvalue weighted by Crippen LogP contribution is 2.28. The first kappa shape index (κ1) is 13.3. The van der Waals surface area contributed by atoms with Gasteiger partial charge in [-0.2, -0.15) is 0 Å². The summed E-state index contributed by atoms with van der Waals surface area (Å²) in [5.41, 5.74) is 0.0285.